The number of ether oxygens (including phenoxy) is 1. The summed E-state index contributed by atoms with van der Waals surface area (Å²) < 4.78 is 6.37. The van der Waals surface area contributed by atoms with Gasteiger partial charge in [0.1, 0.15) is 18.5 Å². The first kappa shape index (κ1) is 31.4. The van der Waals surface area contributed by atoms with Crippen LogP contribution in [0.15, 0.2) is 49.1 Å². The second kappa shape index (κ2) is 13.5. The number of likely N-dealkylation sites (N-methyl/N-ethyl adjacent to an activating group) is 1. The molecular weight excluding hydrogens is 586 g/mol. The van der Waals surface area contributed by atoms with E-state index in [1.54, 1.807) is 4.90 Å². The van der Waals surface area contributed by atoms with Gasteiger partial charge in [-0.2, -0.15) is 9.97 Å². The van der Waals surface area contributed by atoms with E-state index in [0.717, 1.165) is 48.4 Å². The molecule has 47 heavy (non-hydrogen) atoms. The molecule has 9 nitrogen and oxygen atoms in total. The van der Waals surface area contributed by atoms with Gasteiger partial charge in [0, 0.05) is 55.4 Å². The molecular formula is C38H47N7O2. The van der Waals surface area contributed by atoms with E-state index in [4.69, 9.17) is 21.3 Å². The molecule has 7 rings (SSSR count). The number of amides is 1. The Hall–Kier alpha value is -4.16. The summed E-state index contributed by atoms with van der Waals surface area (Å²) in [5.41, 5.74) is 4.63. The fourth-order valence-electron chi connectivity index (χ4n) is 8.76. The predicted molar refractivity (Wildman–Crippen MR) is 187 cm³/mol. The zero-order valence-electron chi connectivity index (χ0n) is 27.9. The van der Waals surface area contributed by atoms with Gasteiger partial charge in [0.25, 0.3) is 0 Å². The molecule has 1 saturated heterocycles. The number of hydrogen-bond acceptors (Lipinski definition) is 7. The summed E-state index contributed by atoms with van der Waals surface area (Å²) in [5, 5.41) is 2.53. The molecule has 3 atom stereocenters. The lowest BCUT2D eigenvalue weighted by molar-refractivity contribution is -0.128. The molecule has 2 aromatic carbocycles. The largest absolute Gasteiger partial charge is 0.462 e. The van der Waals surface area contributed by atoms with E-state index in [9.17, 15) is 4.79 Å². The summed E-state index contributed by atoms with van der Waals surface area (Å²) in [7, 11) is 2.24. The summed E-state index contributed by atoms with van der Waals surface area (Å²) >= 11 is 0. The fourth-order valence-corrected chi connectivity index (χ4v) is 8.76. The molecule has 1 amide bonds. The minimum absolute atomic E-state index is 0.122. The molecule has 0 radical (unpaired) electrons. The normalized spacial score (nSPS) is 23.9. The van der Waals surface area contributed by atoms with Crippen molar-refractivity contribution in [3.05, 3.63) is 77.3 Å². The first-order valence-corrected chi connectivity index (χ1v) is 17.4. The first-order valence-electron chi connectivity index (χ1n) is 17.4. The molecule has 0 bridgehead atoms. The van der Waals surface area contributed by atoms with Crippen LogP contribution < -0.4 is 14.5 Å². The van der Waals surface area contributed by atoms with Gasteiger partial charge in [0.05, 0.1) is 12.2 Å². The molecule has 2 saturated carbocycles. The summed E-state index contributed by atoms with van der Waals surface area (Å²) in [4.78, 5) is 35.3. The quantitative estimate of drug-likeness (QED) is 0.227. The lowest BCUT2D eigenvalue weighted by Gasteiger charge is -2.41. The molecule has 2 aliphatic heterocycles. The summed E-state index contributed by atoms with van der Waals surface area (Å²) in [6.07, 6.45) is 9.00. The van der Waals surface area contributed by atoms with Gasteiger partial charge in [-0.15, -0.1) is 0 Å². The van der Waals surface area contributed by atoms with Gasteiger partial charge >= 0.3 is 6.01 Å². The fraction of sp³-hybridized carbons (Fsp3) is 0.526. The topological polar surface area (TPSA) is 69.4 Å². The Labute approximate surface area is 279 Å². The second-order valence-electron chi connectivity index (χ2n) is 14.0. The highest BCUT2D eigenvalue weighted by atomic mass is 16.5. The van der Waals surface area contributed by atoms with Crippen LogP contribution in [-0.2, 0) is 17.8 Å². The monoisotopic (exact) mass is 633 g/mol. The van der Waals surface area contributed by atoms with Crippen LogP contribution in [0.25, 0.3) is 15.6 Å². The smallest absolute Gasteiger partial charge is 0.318 e. The van der Waals surface area contributed by atoms with Gasteiger partial charge < -0.3 is 29.2 Å². The van der Waals surface area contributed by atoms with Gasteiger partial charge in [-0.25, -0.2) is 6.57 Å². The van der Waals surface area contributed by atoms with Crippen LogP contribution in [0.5, 0.6) is 6.01 Å². The summed E-state index contributed by atoms with van der Waals surface area (Å²) in [6, 6.07) is 13.9. The predicted octanol–water partition coefficient (Wildman–Crippen LogP) is 5.51. The average Bonchev–Trinajstić information content (AvgIpc) is 3.71. The highest BCUT2D eigenvalue weighted by Gasteiger charge is 2.39. The van der Waals surface area contributed by atoms with Crippen LogP contribution in [0.2, 0.25) is 0 Å². The second-order valence-corrected chi connectivity index (χ2v) is 14.0. The number of piperazine rings is 1. The molecule has 3 heterocycles. The number of carbonyl (C=O) groups is 1. The number of aryl methyl sites for hydroxylation is 1. The van der Waals surface area contributed by atoms with E-state index < -0.39 is 0 Å². The lowest BCUT2D eigenvalue weighted by Crippen LogP contribution is -2.56. The standard InChI is InChI=1S/C38H47N7O2/c1-5-35(46)45-18-17-44(24-31(45)23-39-3)37-32-15-16-43(34-14-8-11-27-10-6-9-26(2)36(27)34)25-33(32)40-38(41-37)47-20-19-42(4)30-21-28-12-7-13-29(28)22-30/h5-6,8-11,14,28-31H,1,7,12-13,15-25H2,2,4H3/t28?,29?,30?,31-/m0/s1. The molecule has 0 N–H and O–H groups in total. The summed E-state index contributed by atoms with van der Waals surface area (Å²) in [6.45, 7) is 18.3. The van der Waals surface area contributed by atoms with E-state index in [1.807, 2.05) is 0 Å². The van der Waals surface area contributed by atoms with Crippen LogP contribution >= 0.6 is 0 Å². The van der Waals surface area contributed by atoms with Crippen molar-refractivity contribution in [1.29, 1.82) is 0 Å². The van der Waals surface area contributed by atoms with E-state index in [1.165, 1.54) is 60.2 Å². The van der Waals surface area contributed by atoms with Crippen molar-refractivity contribution in [2.75, 3.05) is 62.7 Å². The summed E-state index contributed by atoms with van der Waals surface area (Å²) in [5.74, 6) is 2.59. The van der Waals surface area contributed by atoms with Crippen molar-refractivity contribution in [3.8, 4) is 6.01 Å². The van der Waals surface area contributed by atoms with Crippen LogP contribution in [0.1, 0.15) is 48.9 Å². The van der Waals surface area contributed by atoms with Crippen molar-refractivity contribution in [3.63, 3.8) is 0 Å². The highest BCUT2D eigenvalue weighted by molar-refractivity contribution is 5.97. The van der Waals surface area contributed by atoms with Crippen LogP contribution in [-0.4, -0.2) is 90.7 Å². The Morgan fingerprint density at radius 3 is 2.66 bits per heavy atom. The van der Waals surface area contributed by atoms with E-state index in [0.29, 0.717) is 44.8 Å². The number of rotatable bonds is 9. The molecule has 2 aliphatic carbocycles. The number of benzene rings is 2. The Balaban J connectivity index is 1.15. The van der Waals surface area contributed by atoms with Crippen LogP contribution in [0.3, 0.4) is 0 Å². The van der Waals surface area contributed by atoms with Crippen molar-refractivity contribution < 1.29 is 9.53 Å². The first-order chi connectivity index (χ1) is 22.9. The van der Waals surface area contributed by atoms with Gasteiger partial charge in [0.2, 0.25) is 12.5 Å². The maximum Gasteiger partial charge on any atom is 0.318 e. The maximum atomic E-state index is 12.6. The number of fused-ring (bicyclic) bond motifs is 3. The van der Waals surface area contributed by atoms with Gasteiger partial charge in [-0.1, -0.05) is 56.2 Å². The molecule has 3 fully saturated rings. The third kappa shape index (κ3) is 6.28. The van der Waals surface area contributed by atoms with Crippen LogP contribution in [0.4, 0.5) is 11.5 Å². The van der Waals surface area contributed by atoms with Gasteiger partial charge in [-0.3, -0.25) is 4.79 Å². The zero-order valence-corrected chi connectivity index (χ0v) is 27.9. The minimum atomic E-state index is -0.222. The molecule has 3 aromatic rings. The number of nitrogens with zero attached hydrogens (tertiary/aromatic N) is 7. The zero-order chi connectivity index (χ0) is 32.5. The molecule has 9 heteroatoms. The molecule has 1 aromatic heterocycles. The SMILES string of the molecule is [C-]#[N+]C[C@H]1CN(c2nc(OCCN(C)C3CC4CCCC4C3)nc3c2CCN(c2cccc4cccc(C)c24)C3)CCN1C(=O)C=C. The van der Waals surface area contributed by atoms with Crippen LogP contribution in [0, 0.1) is 25.3 Å². The van der Waals surface area contributed by atoms with Crippen molar-refractivity contribution in [2.45, 2.75) is 64.1 Å². The third-order valence-electron chi connectivity index (χ3n) is 11.3. The van der Waals surface area contributed by atoms with E-state index >= 15 is 0 Å². The maximum absolute atomic E-state index is 12.6. The molecule has 0 spiro atoms. The lowest BCUT2D eigenvalue weighted by atomic mass is 9.99. The van der Waals surface area contributed by atoms with E-state index in [2.05, 4.69) is 76.5 Å². The average molecular weight is 634 g/mol. The number of aromatic nitrogens is 2. The Bertz CT molecular complexity index is 1670. The van der Waals surface area contributed by atoms with E-state index in [-0.39, 0.29) is 18.5 Å². The van der Waals surface area contributed by atoms with Gasteiger partial charge in [-0.05, 0) is 68.2 Å². The Kier molecular flexibility index (Phi) is 9.05. The molecule has 4 aliphatic rings. The third-order valence-corrected chi connectivity index (χ3v) is 11.3. The Morgan fingerprint density at radius 1 is 1.11 bits per heavy atom. The highest BCUT2D eigenvalue weighted by Crippen LogP contribution is 2.45. The van der Waals surface area contributed by atoms with Crippen molar-refractivity contribution >= 4 is 28.2 Å². The van der Waals surface area contributed by atoms with Crippen molar-refractivity contribution in [2.24, 2.45) is 11.8 Å². The number of anilines is 2. The van der Waals surface area contributed by atoms with Gasteiger partial charge in [0.15, 0.2) is 0 Å². The molecule has 2 unspecified atom stereocenters. The Morgan fingerprint density at radius 2 is 1.89 bits per heavy atom. The minimum Gasteiger partial charge on any atom is -0.462 e. The molecule has 246 valence electrons. The number of carbonyl (C=O) groups excluding carboxylic acids is 1. The van der Waals surface area contributed by atoms with Crippen molar-refractivity contribution in [1.82, 2.24) is 19.8 Å². The number of hydrogen-bond donors (Lipinski definition) is 0.